The summed E-state index contributed by atoms with van der Waals surface area (Å²) in [6.45, 7) is 29.2. The van der Waals surface area contributed by atoms with E-state index >= 15 is 0 Å². The predicted octanol–water partition coefficient (Wildman–Crippen LogP) is 12.1. The normalized spacial score (nSPS) is 47.4. The van der Waals surface area contributed by atoms with Crippen LogP contribution in [-0.2, 0) is 14.2 Å². The number of hydrogen-bond acceptors (Lipinski definition) is 3. The molecule has 4 fully saturated rings. The van der Waals surface area contributed by atoms with Crippen LogP contribution < -0.4 is 0 Å². The largest absolute Gasteiger partial charge is 0.351 e. The van der Waals surface area contributed by atoms with E-state index in [9.17, 15) is 0 Å². The molecule has 270 valence electrons. The van der Waals surface area contributed by atoms with Crippen LogP contribution in [0.5, 0.6) is 0 Å². The maximum absolute atomic E-state index is 7.23. The van der Waals surface area contributed by atoms with Gasteiger partial charge in [0.25, 0.3) is 0 Å². The Labute approximate surface area is 295 Å². The zero-order valence-corrected chi connectivity index (χ0v) is 33.0. The van der Waals surface area contributed by atoms with Gasteiger partial charge in [0, 0.05) is 17.8 Å². The molecule has 3 saturated carbocycles. The number of ether oxygens (including phenoxy) is 3. The number of hydrogen-bond donors (Lipinski definition) is 0. The van der Waals surface area contributed by atoms with E-state index in [-0.39, 0.29) is 34.7 Å². The van der Waals surface area contributed by atoms with Crippen molar-refractivity contribution < 1.29 is 14.2 Å². The van der Waals surface area contributed by atoms with E-state index in [1.807, 2.05) is 0 Å². The molecule has 3 heteroatoms. The first-order chi connectivity index (χ1) is 22.4. The number of rotatable bonds is 6. The lowest BCUT2D eigenvalue weighted by molar-refractivity contribution is -0.234. The highest BCUT2D eigenvalue weighted by molar-refractivity contribution is 5.27. The van der Waals surface area contributed by atoms with Gasteiger partial charge in [0.05, 0.1) is 13.2 Å². The molecule has 0 amide bonds. The maximum Gasteiger partial charge on any atom is 0.183 e. The zero-order valence-electron chi connectivity index (χ0n) is 33.0. The van der Waals surface area contributed by atoms with Gasteiger partial charge in [0.1, 0.15) is 0 Å². The summed E-state index contributed by atoms with van der Waals surface area (Å²) in [5.74, 6) is 3.23. The molecule has 0 spiro atoms. The minimum atomic E-state index is -0.295. The van der Waals surface area contributed by atoms with Crippen LogP contribution in [0.15, 0.2) is 34.9 Å². The highest BCUT2D eigenvalue weighted by Gasteiger charge is 2.61. The van der Waals surface area contributed by atoms with Gasteiger partial charge in [-0.3, -0.25) is 0 Å². The summed E-state index contributed by atoms with van der Waals surface area (Å²) in [6.07, 6.45) is 22.5. The Bertz CT molecular complexity index is 1330. The van der Waals surface area contributed by atoms with Crippen molar-refractivity contribution in [2.45, 2.75) is 166 Å². The van der Waals surface area contributed by atoms with Crippen LogP contribution in [0.25, 0.3) is 0 Å². The predicted molar refractivity (Wildman–Crippen MR) is 198 cm³/mol. The number of allylic oxidation sites excluding steroid dienone is 3. The van der Waals surface area contributed by atoms with Crippen molar-refractivity contribution in [3.8, 4) is 0 Å². The summed E-state index contributed by atoms with van der Waals surface area (Å²) in [4.78, 5) is 0. The van der Waals surface area contributed by atoms with Gasteiger partial charge in [-0.15, -0.1) is 0 Å². The molecule has 7 aliphatic rings. The van der Waals surface area contributed by atoms with Crippen molar-refractivity contribution in [2.24, 2.45) is 68.0 Å². The second-order valence-corrected chi connectivity index (χ2v) is 21.1. The maximum atomic E-state index is 7.23. The molecule has 7 rings (SSSR count). The Morgan fingerprint density at radius 3 is 1.48 bits per heavy atom. The molecule has 3 nitrogen and oxygen atoms in total. The topological polar surface area (TPSA) is 27.7 Å². The van der Waals surface area contributed by atoms with E-state index in [0.717, 1.165) is 19.6 Å². The summed E-state index contributed by atoms with van der Waals surface area (Å²) in [5, 5.41) is 0. The standard InChI is InChI=1S/C45H72O3/c1-29-15-18-34-40(3,4)21-12-24-43(34,9)32(29)27-46-38-31-17-20-36-42(7,8)23-14-26-45(36,11)37(31)39(48-38)47-28-33-30(2)16-19-35-41(5,6)22-13-25-44(33,35)10/h15-17,32-39H,12-14,18-28H2,1-11H3/t32?,33?,34-,35-,36-,37-,38?,39?,43+,44+,45-/m0/s1. The highest BCUT2D eigenvalue weighted by atomic mass is 16.8. The van der Waals surface area contributed by atoms with Crippen LogP contribution in [0.3, 0.4) is 0 Å². The Morgan fingerprint density at radius 1 is 0.562 bits per heavy atom. The first-order valence-corrected chi connectivity index (χ1v) is 20.4. The van der Waals surface area contributed by atoms with Crippen LogP contribution in [0.4, 0.5) is 0 Å². The zero-order chi connectivity index (χ0) is 34.5. The third-order valence-corrected chi connectivity index (χ3v) is 17.2. The average Bonchev–Trinajstić information content (AvgIpc) is 3.33. The van der Waals surface area contributed by atoms with Crippen molar-refractivity contribution >= 4 is 0 Å². The molecule has 1 saturated heterocycles. The van der Waals surface area contributed by atoms with Crippen LogP contribution in [0.2, 0.25) is 0 Å². The Balaban J connectivity index is 1.16. The summed E-state index contributed by atoms with van der Waals surface area (Å²) in [7, 11) is 0. The van der Waals surface area contributed by atoms with E-state index in [1.54, 1.807) is 0 Å². The smallest absolute Gasteiger partial charge is 0.183 e. The molecule has 6 aliphatic carbocycles. The molecule has 0 radical (unpaired) electrons. The van der Waals surface area contributed by atoms with Crippen LogP contribution >= 0.6 is 0 Å². The molecule has 11 atom stereocenters. The Morgan fingerprint density at radius 2 is 0.979 bits per heavy atom. The fraction of sp³-hybridized carbons (Fsp3) is 0.867. The van der Waals surface area contributed by atoms with Crippen LogP contribution in [-0.4, -0.2) is 25.8 Å². The molecular weight excluding hydrogens is 588 g/mol. The summed E-state index contributed by atoms with van der Waals surface area (Å²) in [6, 6.07) is 0. The van der Waals surface area contributed by atoms with Gasteiger partial charge < -0.3 is 14.2 Å². The summed E-state index contributed by atoms with van der Waals surface area (Å²) < 4.78 is 21.4. The highest BCUT2D eigenvalue weighted by Crippen LogP contribution is 2.65. The van der Waals surface area contributed by atoms with E-state index in [4.69, 9.17) is 14.2 Å². The minimum absolute atomic E-state index is 0.163. The first kappa shape index (κ1) is 35.5. The SMILES string of the molecule is CC1=CC[C@H]2C(C)(C)CCC[C@]2(C)C1COC1OC(OCC2C(C)=CC[C@H]3C(C)(C)CCC[C@]23C)[C@@H]2C1=CC[C@H]1C(C)(C)CCC[C@]21C. The minimum Gasteiger partial charge on any atom is -0.351 e. The lowest BCUT2D eigenvalue weighted by atomic mass is 9.48. The lowest BCUT2D eigenvalue weighted by Crippen LogP contribution is -2.52. The molecule has 48 heavy (non-hydrogen) atoms. The van der Waals surface area contributed by atoms with E-state index in [0.29, 0.717) is 45.8 Å². The Kier molecular flexibility index (Phi) is 8.94. The van der Waals surface area contributed by atoms with E-state index in [1.165, 1.54) is 87.3 Å². The van der Waals surface area contributed by atoms with Crippen molar-refractivity contribution in [1.29, 1.82) is 0 Å². The van der Waals surface area contributed by atoms with E-state index in [2.05, 4.69) is 94.4 Å². The molecule has 0 aromatic rings. The molecule has 0 aromatic carbocycles. The third-order valence-electron chi connectivity index (χ3n) is 17.2. The quantitative estimate of drug-likeness (QED) is 0.265. The molecular formula is C45H72O3. The number of fused-ring (bicyclic) bond motifs is 5. The monoisotopic (exact) mass is 661 g/mol. The van der Waals surface area contributed by atoms with Gasteiger partial charge in [-0.05, 0) is 127 Å². The van der Waals surface area contributed by atoms with Crippen LogP contribution in [0.1, 0.15) is 153 Å². The fourth-order valence-corrected chi connectivity index (χ4v) is 14.4. The van der Waals surface area contributed by atoms with E-state index < -0.39 is 0 Å². The lowest BCUT2D eigenvalue weighted by Gasteiger charge is -2.57. The summed E-state index contributed by atoms with van der Waals surface area (Å²) in [5.41, 5.74) is 6.30. The van der Waals surface area contributed by atoms with Gasteiger partial charge in [0.2, 0.25) is 0 Å². The molecule has 1 heterocycles. The van der Waals surface area contributed by atoms with Gasteiger partial charge in [-0.25, -0.2) is 0 Å². The Hall–Kier alpha value is -0.900. The molecule has 1 aliphatic heterocycles. The average molecular weight is 661 g/mol. The van der Waals surface area contributed by atoms with Gasteiger partial charge in [-0.1, -0.05) is 111 Å². The third kappa shape index (κ3) is 5.52. The molecule has 0 bridgehead atoms. The van der Waals surface area contributed by atoms with Crippen molar-refractivity contribution in [3.63, 3.8) is 0 Å². The van der Waals surface area contributed by atoms with Gasteiger partial charge in [0.15, 0.2) is 12.6 Å². The summed E-state index contributed by atoms with van der Waals surface area (Å²) >= 11 is 0. The molecule has 0 aromatic heterocycles. The van der Waals surface area contributed by atoms with Crippen molar-refractivity contribution in [3.05, 3.63) is 34.9 Å². The van der Waals surface area contributed by atoms with Crippen molar-refractivity contribution in [1.82, 2.24) is 0 Å². The second kappa shape index (κ2) is 12.1. The second-order valence-electron chi connectivity index (χ2n) is 21.1. The van der Waals surface area contributed by atoms with Gasteiger partial charge in [-0.2, -0.15) is 0 Å². The fourth-order valence-electron chi connectivity index (χ4n) is 14.4. The molecule has 0 N–H and O–H groups in total. The first-order valence-electron chi connectivity index (χ1n) is 20.4. The van der Waals surface area contributed by atoms with Crippen molar-refractivity contribution in [2.75, 3.05) is 13.2 Å². The molecule has 4 unspecified atom stereocenters. The van der Waals surface area contributed by atoms with Gasteiger partial charge >= 0.3 is 0 Å². The van der Waals surface area contributed by atoms with Crippen LogP contribution in [0, 0.1) is 68.0 Å².